The van der Waals surface area contributed by atoms with Crippen molar-refractivity contribution in [3.8, 4) is 11.4 Å². The minimum Gasteiger partial charge on any atom is -0.494 e. The van der Waals surface area contributed by atoms with Crippen LogP contribution in [0.3, 0.4) is 0 Å². The monoisotopic (exact) mass is 235 g/mol. The molecule has 0 aliphatic carbocycles. The third-order valence-electron chi connectivity index (χ3n) is 2.29. The van der Waals surface area contributed by atoms with Crippen molar-refractivity contribution in [1.29, 1.82) is 0 Å². The summed E-state index contributed by atoms with van der Waals surface area (Å²) in [6.45, 7) is 0.673. The molecule has 0 unspecified atom stereocenters. The SMILES string of the molecule is ClCCCOc1ccc(-n2cccc2)cc1. The van der Waals surface area contributed by atoms with Gasteiger partial charge in [-0.2, -0.15) is 0 Å². The number of hydrogen-bond acceptors (Lipinski definition) is 1. The molecule has 0 amide bonds. The smallest absolute Gasteiger partial charge is 0.119 e. The average molecular weight is 236 g/mol. The second-order valence-corrected chi connectivity index (χ2v) is 3.85. The maximum absolute atomic E-state index is 5.58. The molecule has 0 atom stereocenters. The molecule has 0 spiro atoms. The predicted molar refractivity (Wildman–Crippen MR) is 66.6 cm³/mol. The van der Waals surface area contributed by atoms with Gasteiger partial charge in [-0.15, -0.1) is 11.6 Å². The van der Waals surface area contributed by atoms with Crippen LogP contribution in [0, 0.1) is 0 Å². The van der Waals surface area contributed by atoms with Gasteiger partial charge in [0, 0.05) is 24.0 Å². The number of ether oxygens (including phenoxy) is 1. The number of alkyl halides is 1. The third-order valence-corrected chi connectivity index (χ3v) is 2.55. The lowest BCUT2D eigenvalue weighted by molar-refractivity contribution is 0.318. The van der Waals surface area contributed by atoms with E-state index in [9.17, 15) is 0 Å². The Labute approximate surface area is 100 Å². The van der Waals surface area contributed by atoms with Gasteiger partial charge in [0.1, 0.15) is 5.75 Å². The van der Waals surface area contributed by atoms with Gasteiger partial charge in [-0.25, -0.2) is 0 Å². The molecule has 0 fully saturated rings. The van der Waals surface area contributed by atoms with Gasteiger partial charge < -0.3 is 9.30 Å². The minimum atomic E-state index is 0.640. The number of hydrogen-bond donors (Lipinski definition) is 0. The summed E-state index contributed by atoms with van der Waals surface area (Å²) in [6.07, 6.45) is 4.91. The van der Waals surface area contributed by atoms with Crippen LogP contribution in [0.15, 0.2) is 48.8 Å². The van der Waals surface area contributed by atoms with Crippen LogP contribution >= 0.6 is 11.6 Å². The largest absolute Gasteiger partial charge is 0.494 e. The lowest BCUT2D eigenvalue weighted by Crippen LogP contribution is -1.98. The molecular formula is C13H14ClNO. The molecule has 1 heterocycles. The minimum absolute atomic E-state index is 0.640. The molecular weight excluding hydrogens is 222 g/mol. The Kier molecular flexibility index (Phi) is 3.89. The van der Waals surface area contributed by atoms with Crippen LogP contribution in [0.1, 0.15) is 6.42 Å². The molecule has 3 heteroatoms. The summed E-state index contributed by atoms with van der Waals surface area (Å²) in [7, 11) is 0. The van der Waals surface area contributed by atoms with Crippen molar-refractivity contribution >= 4 is 11.6 Å². The number of rotatable bonds is 5. The summed E-state index contributed by atoms with van der Waals surface area (Å²) in [5.74, 6) is 1.53. The maximum atomic E-state index is 5.58. The molecule has 0 bridgehead atoms. The quantitative estimate of drug-likeness (QED) is 0.572. The van der Waals surface area contributed by atoms with E-state index >= 15 is 0 Å². The molecule has 0 saturated heterocycles. The van der Waals surface area contributed by atoms with E-state index in [1.54, 1.807) is 0 Å². The van der Waals surface area contributed by atoms with Crippen molar-refractivity contribution in [3.05, 3.63) is 48.8 Å². The Balaban J connectivity index is 2.00. The van der Waals surface area contributed by atoms with E-state index in [4.69, 9.17) is 16.3 Å². The number of halogens is 1. The molecule has 84 valence electrons. The van der Waals surface area contributed by atoms with Crippen molar-refractivity contribution in [2.45, 2.75) is 6.42 Å². The van der Waals surface area contributed by atoms with Crippen LogP contribution in [-0.4, -0.2) is 17.1 Å². The van der Waals surface area contributed by atoms with Gasteiger partial charge >= 0.3 is 0 Å². The van der Waals surface area contributed by atoms with Crippen LogP contribution < -0.4 is 4.74 Å². The molecule has 2 aromatic rings. The van der Waals surface area contributed by atoms with E-state index in [1.807, 2.05) is 48.8 Å². The van der Waals surface area contributed by atoms with Crippen LogP contribution in [0.5, 0.6) is 5.75 Å². The summed E-state index contributed by atoms with van der Waals surface area (Å²) in [5, 5.41) is 0. The first-order valence-electron chi connectivity index (χ1n) is 5.32. The molecule has 0 aliphatic heterocycles. The van der Waals surface area contributed by atoms with Crippen molar-refractivity contribution in [1.82, 2.24) is 4.57 Å². The number of nitrogens with zero attached hydrogens (tertiary/aromatic N) is 1. The van der Waals surface area contributed by atoms with Crippen LogP contribution in [0.2, 0.25) is 0 Å². The van der Waals surface area contributed by atoms with Crippen LogP contribution in [-0.2, 0) is 0 Å². The molecule has 1 aromatic carbocycles. The summed E-state index contributed by atoms with van der Waals surface area (Å²) >= 11 is 5.58. The lowest BCUT2D eigenvalue weighted by atomic mass is 10.3. The van der Waals surface area contributed by atoms with Gasteiger partial charge in [0.15, 0.2) is 0 Å². The van der Waals surface area contributed by atoms with Gasteiger partial charge in [-0.05, 0) is 42.8 Å². The van der Waals surface area contributed by atoms with Crippen molar-refractivity contribution in [2.75, 3.05) is 12.5 Å². The number of aromatic nitrogens is 1. The van der Waals surface area contributed by atoms with Gasteiger partial charge in [0.2, 0.25) is 0 Å². The second-order valence-electron chi connectivity index (χ2n) is 3.48. The van der Waals surface area contributed by atoms with E-state index in [0.717, 1.165) is 17.9 Å². The first-order chi connectivity index (χ1) is 7.90. The first-order valence-corrected chi connectivity index (χ1v) is 5.86. The van der Waals surface area contributed by atoms with Crippen LogP contribution in [0.4, 0.5) is 0 Å². The summed E-state index contributed by atoms with van der Waals surface area (Å²) in [5.41, 5.74) is 1.13. The van der Waals surface area contributed by atoms with Gasteiger partial charge in [0.05, 0.1) is 6.61 Å². The fourth-order valence-electron chi connectivity index (χ4n) is 1.47. The molecule has 0 radical (unpaired) electrons. The highest BCUT2D eigenvalue weighted by atomic mass is 35.5. The van der Waals surface area contributed by atoms with E-state index in [-0.39, 0.29) is 0 Å². The van der Waals surface area contributed by atoms with Gasteiger partial charge in [-0.3, -0.25) is 0 Å². The molecule has 2 rings (SSSR count). The highest BCUT2D eigenvalue weighted by Crippen LogP contribution is 2.15. The maximum Gasteiger partial charge on any atom is 0.119 e. The van der Waals surface area contributed by atoms with E-state index in [0.29, 0.717) is 12.5 Å². The highest BCUT2D eigenvalue weighted by Gasteiger charge is 1.96. The fourth-order valence-corrected chi connectivity index (χ4v) is 1.57. The van der Waals surface area contributed by atoms with Crippen molar-refractivity contribution in [3.63, 3.8) is 0 Å². The van der Waals surface area contributed by atoms with Crippen molar-refractivity contribution in [2.24, 2.45) is 0 Å². The Bertz CT molecular complexity index is 408. The molecule has 1 aromatic heterocycles. The van der Waals surface area contributed by atoms with Crippen molar-refractivity contribution < 1.29 is 4.74 Å². The predicted octanol–water partition coefficient (Wildman–Crippen LogP) is 3.49. The molecule has 0 saturated carbocycles. The average Bonchev–Trinajstić information content (AvgIpc) is 2.84. The Morgan fingerprint density at radius 1 is 1.06 bits per heavy atom. The zero-order valence-corrected chi connectivity index (χ0v) is 9.73. The molecule has 0 N–H and O–H groups in total. The number of benzene rings is 1. The summed E-state index contributed by atoms with van der Waals surface area (Å²) in [6, 6.07) is 12.0. The van der Waals surface area contributed by atoms with E-state index < -0.39 is 0 Å². The lowest BCUT2D eigenvalue weighted by Gasteiger charge is -2.06. The van der Waals surface area contributed by atoms with E-state index in [2.05, 4.69) is 4.57 Å². The Hall–Kier alpha value is -1.41. The zero-order chi connectivity index (χ0) is 11.2. The summed E-state index contributed by atoms with van der Waals surface area (Å²) < 4.78 is 7.58. The first kappa shape index (κ1) is 11.1. The van der Waals surface area contributed by atoms with Gasteiger partial charge in [0.25, 0.3) is 0 Å². The topological polar surface area (TPSA) is 14.2 Å². The Morgan fingerprint density at radius 3 is 2.38 bits per heavy atom. The van der Waals surface area contributed by atoms with Gasteiger partial charge in [-0.1, -0.05) is 0 Å². The fraction of sp³-hybridized carbons (Fsp3) is 0.231. The third kappa shape index (κ3) is 2.80. The molecule has 2 nitrogen and oxygen atoms in total. The Morgan fingerprint density at radius 2 is 1.75 bits per heavy atom. The molecule has 0 aliphatic rings. The summed E-state index contributed by atoms with van der Waals surface area (Å²) in [4.78, 5) is 0. The standard InChI is InChI=1S/C13H14ClNO/c14-8-3-11-16-13-6-4-12(5-7-13)15-9-1-2-10-15/h1-2,4-7,9-10H,3,8,11H2. The molecule has 16 heavy (non-hydrogen) atoms. The zero-order valence-electron chi connectivity index (χ0n) is 8.97. The normalized spacial score (nSPS) is 10.3. The highest BCUT2D eigenvalue weighted by molar-refractivity contribution is 6.17. The van der Waals surface area contributed by atoms with E-state index in [1.165, 1.54) is 0 Å². The van der Waals surface area contributed by atoms with Crippen LogP contribution in [0.25, 0.3) is 5.69 Å². The second kappa shape index (κ2) is 5.61.